The van der Waals surface area contributed by atoms with Crippen molar-refractivity contribution < 1.29 is 14.0 Å². The zero-order valence-electron chi connectivity index (χ0n) is 16.5. The number of hydrogen-bond donors (Lipinski definition) is 1. The number of thiocarbonyl (C=S) groups is 1. The van der Waals surface area contributed by atoms with Crippen LogP contribution in [0, 0.1) is 0 Å². The van der Waals surface area contributed by atoms with Crippen molar-refractivity contribution in [2.24, 2.45) is 0 Å². The summed E-state index contributed by atoms with van der Waals surface area (Å²) in [6, 6.07) is 18.5. The molecule has 162 valence electrons. The molecule has 1 N–H and O–H groups in total. The largest absolute Gasteiger partial charge is 0.457 e. The minimum atomic E-state index is -0.325. The van der Waals surface area contributed by atoms with Crippen molar-refractivity contribution in [3.05, 3.63) is 86.4 Å². The highest BCUT2D eigenvalue weighted by molar-refractivity contribution is 9.10. The summed E-state index contributed by atoms with van der Waals surface area (Å²) in [4.78, 5) is 26.8. The average Bonchev–Trinajstić information content (AvgIpc) is 3.34. The van der Waals surface area contributed by atoms with Gasteiger partial charge in [0.1, 0.15) is 22.4 Å². The molecule has 1 aliphatic heterocycles. The summed E-state index contributed by atoms with van der Waals surface area (Å²) >= 11 is 16.1. The van der Waals surface area contributed by atoms with E-state index in [-0.39, 0.29) is 18.4 Å². The second-order valence-electron chi connectivity index (χ2n) is 6.85. The van der Waals surface area contributed by atoms with Gasteiger partial charge in [-0.3, -0.25) is 14.5 Å². The van der Waals surface area contributed by atoms with E-state index >= 15 is 0 Å². The number of halogens is 2. The Hall–Kier alpha value is -2.39. The molecular weight excluding hydrogens is 532 g/mol. The molecule has 5 nitrogen and oxygen atoms in total. The lowest BCUT2D eigenvalue weighted by molar-refractivity contribution is -0.128. The molecule has 0 bridgehead atoms. The van der Waals surface area contributed by atoms with E-state index in [0.29, 0.717) is 32.3 Å². The molecule has 2 amide bonds. The number of nitrogens with zero attached hydrogens (tertiary/aromatic N) is 1. The third-order valence-electron chi connectivity index (χ3n) is 4.62. The molecule has 0 saturated carbocycles. The third-order valence-corrected chi connectivity index (χ3v) is 6.85. The lowest BCUT2D eigenvalue weighted by Gasteiger charge is -2.14. The van der Waals surface area contributed by atoms with Gasteiger partial charge in [0.05, 0.1) is 9.93 Å². The van der Waals surface area contributed by atoms with E-state index in [4.69, 9.17) is 28.2 Å². The lowest BCUT2D eigenvalue weighted by Crippen LogP contribution is -2.39. The maximum atomic E-state index is 12.8. The predicted octanol–water partition coefficient (Wildman–Crippen LogP) is 5.88. The second kappa shape index (κ2) is 10.0. The van der Waals surface area contributed by atoms with Crippen LogP contribution in [0.15, 0.2) is 74.5 Å². The van der Waals surface area contributed by atoms with Crippen molar-refractivity contribution in [1.82, 2.24) is 10.2 Å². The van der Waals surface area contributed by atoms with Crippen LogP contribution in [-0.2, 0) is 16.1 Å². The molecule has 1 aliphatic rings. The Morgan fingerprint density at radius 1 is 1.16 bits per heavy atom. The summed E-state index contributed by atoms with van der Waals surface area (Å²) < 4.78 is 7.13. The molecule has 9 heteroatoms. The fourth-order valence-corrected chi connectivity index (χ4v) is 4.73. The maximum absolute atomic E-state index is 12.8. The molecule has 2 aromatic carbocycles. The normalized spacial score (nSPS) is 14.9. The van der Waals surface area contributed by atoms with E-state index in [2.05, 4.69) is 21.2 Å². The maximum Gasteiger partial charge on any atom is 0.266 e. The SMILES string of the molecule is O=C(CN1C(=O)/C(=C/c2ccc(-c3ccccc3Cl)o2)SC1=S)NCc1ccc(Br)cc1. The van der Waals surface area contributed by atoms with Gasteiger partial charge >= 0.3 is 0 Å². The molecule has 0 aliphatic carbocycles. The van der Waals surface area contributed by atoms with Crippen molar-refractivity contribution in [1.29, 1.82) is 0 Å². The molecule has 1 fully saturated rings. The first kappa shape index (κ1) is 22.8. The number of amides is 2. The van der Waals surface area contributed by atoms with E-state index in [1.165, 1.54) is 4.90 Å². The van der Waals surface area contributed by atoms with Crippen molar-refractivity contribution in [2.45, 2.75) is 6.54 Å². The van der Waals surface area contributed by atoms with Crippen LogP contribution in [0.25, 0.3) is 17.4 Å². The summed E-state index contributed by atoms with van der Waals surface area (Å²) in [6.45, 7) is 0.232. The summed E-state index contributed by atoms with van der Waals surface area (Å²) in [6.07, 6.45) is 1.62. The quantitative estimate of drug-likeness (QED) is 0.308. The fraction of sp³-hybridized carbons (Fsp3) is 0.0870. The Bertz CT molecular complexity index is 1220. The van der Waals surface area contributed by atoms with Crippen LogP contribution < -0.4 is 5.32 Å². The Balaban J connectivity index is 1.40. The molecule has 0 unspecified atom stereocenters. The Morgan fingerprint density at radius 2 is 1.91 bits per heavy atom. The fourth-order valence-electron chi connectivity index (χ4n) is 3.00. The first-order valence-corrected chi connectivity index (χ1v) is 11.9. The minimum absolute atomic E-state index is 0.137. The highest BCUT2D eigenvalue weighted by Crippen LogP contribution is 2.34. The second-order valence-corrected chi connectivity index (χ2v) is 9.85. The first-order valence-electron chi connectivity index (χ1n) is 9.52. The minimum Gasteiger partial charge on any atom is -0.457 e. The molecule has 0 radical (unpaired) electrons. The van der Waals surface area contributed by atoms with Gasteiger partial charge in [-0.05, 0) is 42.0 Å². The molecule has 4 rings (SSSR count). The average molecular weight is 548 g/mol. The molecule has 32 heavy (non-hydrogen) atoms. The molecule has 1 saturated heterocycles. The first-order chi connectivity index (χ1) is 15.4. The lowest BCUT2D eigenvalue weighted by atomic mass is 10.2. The molecule has 3 aromatic rings. The van der Waals surface area contributed by atoms with Crippen molar-refractivity contribution in [3.63, 3.8) is 0 Å². The van der Waals surface area contributed by atoms with E-state index in [1.807, 2.05) is 42.5 Å². The summed E-state index contributed by atoms with van der Waals surface area (Å²) in [7, 11) is 0. The standard InChI is InChI=1S/C23H16BrClN2O3S2/c24-15-7-5-14(6-8-15)12-26-21(28)13-27-22(29)20(32-23(27)31)11-16-9-10-19(30-16)17-3-1-2-4-18(17)25/h1-11H,12-13H2,(H,26,28)/b20-11-. The molecular formula is C23H16BrClN2O3S2. The Labute approximate surface area is 207 Å². The van der Waals surface area contributed by atoms with E-state index in [9.17, 15) is 9.59 Å². The van der Waals surface area contributed by atoms with E-state index in [0.717, 1.165) is 27.4 Å². The number of carbonyl (C=O) groups excluding carboxylic acids is 2. The van der Waals surface area contributed by atoms with Gasteiger partial charge in [0, 0.05) is 22.7 Å². The molecule has 2 heterocycles. The summed E-state index contributed by atoms with van der Waals surface area (Å²) in [5, 5.41) is 3.39. The molecule has 0 atom stereocenters. The van der Waals surface area contributed by atoms with Crippen LogP contribution in [0.1, 0.15) is 11.3 Å². The smallest absolute Gasteiger partial charge is 0.266 e. The van der Waals surface area contributed by atoms with Gasteiger partial charge in [-0.15, -0.1) is 0 Å². The van der Waals surface area contributed by atoms with Crippen molar-refractivity contribution in [2.75, 3.05) is 6.54 Å². The van der Waals surface area contributed by atoms with Gasteiger partial charge in [-0.2, -0.15) is 0 Å². The predicted molar refractivity (Wildman–Crippen MR) is 135 cm³/mol. The zero-order valence-corrected chi connectivity index (χ0v) is 20.5. The summed E-state index contributed by atoms with van der Waals surface area (Å²) in [5.74, 6) is 0.490. The Kier molecular flexibility index (Phi) is 7.15. The van der Waals surface area contributed by atoms with Gasteiger partial charge in [0.2, 0.25) is 5.91 Å². The number of nitrogens with one attached hydrogen (secondary N) is 1. The number of hydrogen-bond acceptors (Lipinski definition) is 5. The Morgan fingerprint density at radius 3 is 2.66 bits per heavy atom. The van der Waals surface area contributed by atoms with Gasteiger partial charge in [0.15, 0.2) is 0 Å². The summed E-state index contributed by atoms with van der Waals surface area (Å²) in [5.41, 5.74) is 1.72. The van der Waals surface area contributed by atoms with Crippen LogP contribution in [0.5, 0.6) is 0 Å². The van der Waals surface area contributed by atoms with E-state index in [1.54, 1.807) is 24.3 Å². The monoisotopic (exact) mass is 546 g/mol. The van der Waals surface area contributed by atoms with Crippen LogP contribution >= 0.6 is 51.5 Å². The van der Waals surface area contributed by atoms with Gasteiger partial charge in [0.25, 0.3) is 5.91 Å². The van der Waals surface area contributed by atoms with Crippen LogP contribution in [0.2, 0.25) is 5.02 Å². The third kappa shape index (κ3) is 5.32. The highest BCUT2D eigenvalue weighted by atomic mass is 79.9. The number of benzene rings is 2. The molecule has 0 spiro atoms. The van der Waals surface area contributed by atoms with Crippen LogP contribution in [0.3, 0.4) is 0 Å². The van der Waals surface area contributed by atoms with Crippen LogP contribution in [-0.4, -0.2) is 27.6 Å². The highest BCUT2D eigenvalue weighted by Gasteiger charge is 2.33. The van der Waals surface area contributed by atoms with Gasteiger partial charge < -0.3 is 9.73 Å². The number of thioether (sulfide) groups is 1. The number of rotatable bonds is 6. The molecule has 1 aromatic heterocycles. The van der Waals surface area contributed by atoms with Gasteiger partial charge in [-0.1, -0.05) is 75.8 Å². The van der Waals surface area contributed by atoms with Crippen LogP contribution in [0.4, 0.5) is 0 Å². The van der Waals surface area contributed by atoms with E-state index < -0.39 is 0 Å². The number of furan rings is 1. The number of carbonyl (C=O) groups is 2. The zero-order chi connectivity index (χ0) is 22.7. The van der Waals surface area contributed by atoms with Gasteiger partial charge in [-0.25, -0.2) is 0 Å². The van der Waals surface area contributed by atoms with Crippen molar-refractivity contribution in [3.8, 4) is 11.3 Å². The topological polar surface area (TPSA) is 62.6 Å². The van der Waals surface area contributed by atoms with Crippen molar-refractivity contribution >= 4 is 73.7 Å².